The second-order valence-corrected chi connectivity index (χ2v) is 4.88. The smallest absolute Gasteiger partial charge is 0.151 e. The Morgan fingerprint density at radius 2 is 1.75 bits per heavy atom. The van der Waals surface area contributed by atoms with Crippen LogP contribution in [-0.4, -0.2) is 15.8 Å². The first kappa shape index (κ1) is 12.6. The zero-order valence-electron chi connectivity index (χ0n) is 11.7. The maximum atomic E-state index is 4.61. The summed E-state index contributed by atoms with van der Waals surface area (Å²) in [6, 6.07) is 18.5. The third-order valence-corrected chi connectivity index (χ3v) is 3.52. The van der Waals surface area contributed by atoms with E-state index in [0.717, 1.165) is 16.9 Å². The van der Waals surface area contributed by atoms with Crippen LogP contribution in [0.2, 0.25) is 0 Å². The van der Waals surface area contributed by atoms with Crippen LogP contribution >= 0.6 is 0 Å². The van der Waals surface area contributed by atoms with E-state index in [1.54, 1.807) is 0 Å². The normalized spacial score (nSPS) is 13.1. The maximum Gasteiger partial charge on any atom is 0.151 e. The van der Waals surface area contributed by atoms with Crippen molar-refractivity contribution in [3.8, 4) is 0 Å². The van der Waals surface area contributed by atoms with Gasteiger partial charge in [-0.25, -0.2) is 4.98 Å². The van der Waals surface area contributed by atoms with Gasteiger partial charge < -0.3 is 4.57 Å². The van der Waals surface area contributed by atoms with Crippen LogP contribution in [0.3, 0.4) is 0 Å². The Kier molecular flexibility index (Phi) is 3.33. The molecule has 100 valence electrons. The molecule has 1 atom stereocenters. The Balaban J connectivity index is 1.89. The van der Waals surface area contributed by atoms with Crippen LogP contribution in [0.1, 0.15) is 24.4 Å². The number of hydrogen-bond acceptors (Lipinski definition) is 2. The molecule has 0 bridgehead atoms. The average Bonchev–Trinajstić information content (AvgIpc) is 2.83. The molecular weight excluding hydrogens is 246 g/mol. The van der Waals surface area contributed by atoms with Crippen LogP contribution in [0.25, 0.3) is 11.0 Å². The number of hydrogen-bond donors (Lipinski definition) is 0. The van der Waals surface area contributed by atoms with Gasteiger partial charge in [-0.15, -0.1) is 0 Å². The van der Waals surface area contributed by atoms with E-state index in [2.05, 4.69) is 39.7 Å². The third kappa shape index (κ3) is 2.35. The van der Waals surface area contributed by atoms with Gasteiger partial charge in [0, 0.05) is 7.05 Å². The molecule has 0 aliphatic carbocycles. The summed E-state index contributed by atoms with van der Waals surface area (Å²) >= 11 is 0. The summed E-state index contributed by atoms with van der Waals surface area (Å²) in [5.41, 5.74) is 3.34. The van der Waals surface area contributed by atoms with Gasteiger partial charge in [0.2, 0.25) is 0 Å². The van der Waals surface area contributed by atoms with Crippen molar-refractivity contribution in [2.24, 2.45) is 12.0 Å². The Bertz CT molecular complexity index is 741. The highest BCUT2D eigenvalue weighted by Crippen LogP contribution is 2.17. The first-order chi connectivity index (χ1) is 9.75. The number of imidazole rings is 1. The second-order valence-electron chi connectivity index (χ2n) is 4.88. The number of aryl methyl sites for hydroxylation is 1. The average molecular weight is 263 g/mol. The first-order valence-corrected chi connectivity index (χ1v) is 6.75. The van der Waals surface area contributed by atoms with E-state index in [1.807, 2.05) is 49.7 Å². The molecule has 3 heteroatoms. The molecule has 0 spiro atoms. The van der Waals surface area contributed by atoms with Crippen LogP contribution < -0.4 is 0 Å². The Labute approximate surface area is 118 Å². The van der Waals surface area contributed by atoms with Gasteiger partial charge in [0.1, 0.15) is 0 Å². The van der Waals surface area contributed by atoms with Crippen molar-refractivity contribution in [3.05, 3.63) is 66.0 Å². The van der Waals surface area contributed by atoms with Gasteiger partial charge in [-0.3, -0.25) is 4.99 Å². The van der Waals surface area contributed by atoms with E-state index < -0.39 is 0 Å². The minimum Gasteiger partial charge on any atom is -0.326 e. The molecule has 3 aromatic rings. The van der Waals surface area contributed by atoms with E-state index in [4.69, 9.17) is 0 Å². The zero-order valence-corrected chi connectivity index (χ0v) is 11.7. The summed E-state index contributed by atoms with van der Waals surface area (Å²) in [6.07, 6.45) is 1.86. The first-order valence-electron chi connectivity index (χ1n) is 6.75. The van der Waals surface area contributed by atoms with E-state index in [0.29, 0.717) is 0 Å². The molecule has 1 heterocycles. The van der Waals surface area contributed by atoms with Crippen LogP contribution in [-0.2, 0) is 7.05 Å². The highest BCUT2D eigenvalue weighted by Gasteiger charge is 2.06. The van der Waals surface area contributed by atoms with Gasteiger partial charge in [0.05, 0.1) is 23.3 Å². The number of para-hydroxylation sites is 2. The highest BCUT2D eigenvalue weighted by molar-refractivity contribution is 5.84. The van der Waals surface area contributed by atoms with Crippen molar-refractivity contribution in [2.75, 3.05) is 0 Å². The van der Waals surface area contributed by atoms with E-state index in [1.165, 1.54) is 5.56 Å². The molecular formula is C17H17N3. The second kappa shape index (κ2) is 5.29. The maximum absolute atomic E-state index is 4.61. The molecule has 0 fully saturated rings. The van der Waals surface area contributed by atoms with Crippen molar-refractivity contribution in [1.29, 1.82) is 0 Å². The van der Waals surface area contributed by atoms with Gasteiger partial charge in [0.25, 0.3) is 0 Å². The molecule has 0 radical (unpaired) electrons. The lowest BCUT2D eigenvalue weighted by molar-refractivity contribution is 0.820. The lowest BCUT2D eigenvalue weighted by Gasteiger charge is -2.05. The molecule has 0 saturated carbocycles. The predicted octanol–water partition coefficient (Wildman–Crippen LogP) is 3.75. The number of fused-ring (bicyclic) bond motifs is 1. The number of aliphatic imine (C=N–C) groups is 1. The Morgan fingerprint density at radius 3 is 2.50 bits per heavy atom. The molecule has 0 amide bonds. The monoisotopic (exact) mass is 263 g/mol. The number of nitrogens with zero attached hydrogens (tertiary/aromatic N) is 3. The van der Waals surface area contributed by atoms with Crippen LogP contribution in [0.4, 0.5) is 0 Å². The number of rotatable bonds is 3. The minimum absolute atomic E-state index is 0.135. The molecule has 0 saturated heterocycles. The van der Waals surface area contributed by atoms with Gasteiger partial charge in [-0.05, 0) is 24.6 Å². The molecule has 0 aliphatic heterocycles. The lowest BCUT2D eigenvalue weighted by atomic mass is 10.1. The fourth-order valence-electron chi connectivity index (χ4n) is 2.28. The van der Waals surface area contributed by atoms with Crippen LogP contribution in [0, 0.1) is 0 Å². The van der Waals surface area contributed by atoms with Crippen molar-refractivity contribution in [3.63, 3.8) is 0 Å². The van der Waals surface area contributed by atoms with Crippen LogP contribution in [0.5, 0.6) is 0 Å². The Hall–Kier alpha value is -2.42. The lowest BCUT2D eigenvalue weighted by Crippen LogP contribution is -1.98. The SMILES string of the molecule is CC(/N=C/c1nc2ccccc2n1C)c1ccccc1. The molecule has 0 aliphatic rings. The summed E-state index contributed by atoms with van der Waals surface area (Å²) in [7, 11) is 2.02. The largest absolute Gasteiger partial charge is 0.326 e. The summed E-state index contributed by atoms with van der Waals surface area (Å²) in [4.78, 5) is 9.20. The van der Waals surface area contributed by atoms with Crippen LogP contribution in [0.15, 0.2) is 59.6 Å². The summed E-state index contributed by atoms with van der Waals surface area (Å²) in [5, 5.41) is 0. The molecule has 1 aromatic heterocycles. The molecule has 20 heavy (non-hydrogen) atoms. The van der Waals surface area contributed by atoms with E-state index in [-0.39, 0.29) is 6.04 Å². The third-order valence-electron chi connectivity index (χ3n) is 3.52. The Morgan fingerprint density at radius 1 is 1.05 bits per heavy atom. The molecule has 0 N–H and O–H groups in total. The zero-order chi connectivity index (χ0) is 13.9. The van der Waals surface area contributed by atoms with Gasteiger partial charge >= 0.3 is 0 Å². The van der Waals surface area contributed by atoms with Gasteiger partial charge in [-0.2, -0.15) is 0 Å². The van der Waals surface area contributed by atoms with Crippen molar-refractivity contribution < 1.29 is 0 Å². The van der Waals surface area contributed by atoms with Crippen molar-refractivity contribution >= 4 is 17.2 Å². The standard InChI is InChI=1S/C17H17N3/c1-13(14-8-4-3-5-9-14)18-12-17-19-15-10-6-7-11-16(15)20(17)2/h3-13H,1-2H3/b18-12+. The van der Waals surface area contributed by atoms with Crippen molar-refractivity contribution in [1.82, 2.24) is 9.55 Å². The molecule has 3 nitrogen and oxygen atoms in total. The highest BCUT2D eigenvalue weighted by atomic mass is 15.1. The van der Waals surface area contributed by atoms with Gasteiger partial charge in [-0.1, -0.05) is 42.5 Å². The molecule has 1 unspecified atom stereocenters. The topological polar surface area (TPSA) is 30.2 Å². The fraction of sp³-hybridized carbons (Fsp3) is 0.176. The number of benzene rings is 2. The molecule has 2 aromatic carbocycles. The van der Waals surface area contributed by atoms with Crippen molar-refractivity contribution in [2.45, 2.75) is 13.0 Å². The fourth-order valence-corrected chi connectivity index (χ4v) is 2.28. The quantitative estimate of drug-likeness (QED) is 0.662. The minimum atomic E-state index is 0.135. The predicted molar refractivity (Wildman–Crippen MR) is 83.2 cm³/mol. The summed E-state index contributed by atoms with van der Waals surface area (Å²) in [5.74, 6) is 0.883. The summed E-state index contributed by atoms with van der Waals surface area (Å²) in [6.45, 7) is 2.09. The number of aromatic nitrogens is 2. The van der Waals surface area contributed by atoms with E-state index in [9.17, 15) is 0 Å². The van der Waals surface area contributed by atoms with E-state index >= 15 is 0 Å². The molecule has 3 rings (SSSR count). The van der Waals surface area contributed by atoms with Gasteiger partial charge in [0.15, 0.2) is 5.82 Å². The summed E-state index contributed by atoms with van der Waals surface area (Å²) < 4.78 is 2.07.